The van der Waals surface area contributed by atoms with Crippen LogP contribution in [0.2, 0.25) is 0 Å². The van der Waals surface area contributed by atoms with E-state index in [1.54, 1.807) is 0 Å². The van der Waals surface area contributed by atoms with Crippen LogP contribution in [0.4, 0.5) is 4.79 Å². The van der Waals surface area contributed by atoms with Gasteiger partial charge in [-0.05, 0) is 64.7 Å². The Labute approximate surface area is 115 Å². The highest BCUT2D eigenvalue weighted by atomic mass is 16.6. The number of nitrogens with two attached hydrogens (primary N) is 1. The molecule has 0 aromatic heterocycles. The summed E-state index contributed by atoms with van der Waals surface area (Å²) in [7, 11) is 0. The molecular weight excluding hydrogens is 240 g/mol. The van der Waals surface area contributed by atoms with E-state index in [1.807, 2.05) is 20.8 Å². The van der Waals surface area contributed by atoms with Crippen molar-refractivity contribution in [2.75, 3.05) is 0 Å². The van der Waals surface area contributed by atoms with E-state index in [9.17, 15) is 4.79 Å². The Morgan fingerprint density at radius 3 is 2.26 bits per heavy atom. The first kappa shape index (κ1) is 13.2. The van der Waals surface area contributed by atoms with E-state index in [1.165, 1.54) is 6.42 Å². The monoisotopic (exact) mass is 266 g/mol. The van der Waals surface area contributed by atoms with Gasteiger partial charge in [-0.15, -0.1) is 0 Å². The molecule has 0 saturated heterocycles. The molecule has 4 heteroatoms. The van der Waals surface area contributed by atoms with Gasteiger partial charge in [-0.25, -0.2) is 4.79 Å². The molecule has 4 fully saturated rings. The smallest absolute Gasteiger partial charge is 0.408 e. The van der Waals surface area contributed by atoms with E-state index in [4.69, 9.17) is 10.5 Å². The Hall–Kier alpha value is -0.770. The van der Waals surface area contributed by atoms with Gasteiger partial charge >= 0.3 is 6.09 Å². The van der Waals surface area contributed by atoms with Gasteiger partial charge in [0, 0.05) is 17.5 Å². The summed E-state index contributed by atoms with van der Waals surface area (Å²) in [6, 6.07) is 0. The average molecular weight is 266 g/mol. The van der Waals surface area contributed by atoms with E-state index < -0.39 is 0 Å². The maximum absolute atomic E-state index is 12.1. The maximum atomic E-state index is 12.1. The van der Waals surface area contributed by atoms with Gasteiger partial charge in [-0.3, -0.25) is 0 Å². The summed E-state index contributed by atoms with van der Waals surface area (Å²) >= 11 is 0. The molecule has 0 radical (unpaired) electrons. The molecule has 0 aromatic rings. The highest BCUT2D eigenvalue weighted by molar-refractivity contribution is 5.68. The van der Waals surface area contributed by atoms with Gasteiger partial charge in [-0.2, -0.15) is 0 Å². The van der Waals surface area contributed by atoms with Crippen LogP contribution < -0.4 is 11.1 Å². The fourth-order valence-electron chi connectivity index (χ4n) is 4.90. The van der Waals surface area contributed by atoms with E-state index in [0.29, 0.717) is 11.8 Å². The normalized spacial score (nSPS) is 44.2. The predicted molar refractivity (Wildman–Crippen MR) is 73.7 cm³/mol. The summed E-state index contributed by atoms with van der Waals surface area (Å²) in [5.74, 6) is 1.32. The topological polar surface area (TPSA) is 64.3 Å². The van der Waals surface area contributed by atoms with Crippen molar-refractivity contribution in [3.8, 4) is 0 Å². The largest absolute Gasteiger partial charge is 0.443 e. The second kappa shape index (κ2) is 3.87. The van der Waals surface area contributed by atoms with E-state index in [0.717, 1.165) is 32.1 Å². The van der Waals surface area contributed by atoms with Crippen LogP contribution in [0.1, 0.15) is 59.3 Å². The zero-order chi connectivity index (χ0) is 13.9. The number of hydrogen-bond acceptors (Lipinski definition) is 3. The second-order valence-corrected chi connectivity index (χ2v) is 8.27. The third-order valence-electron chi connectivity index (χ3n) is 4.84. The lowest BCUT2D eigenvalue weighted by Crippen LogP contribution is -2.64. The first-order valence-corrected chi connectivity index (χ1v) is 7.47. The van der Waals surface area contributed by atoms with Gasteiger partial charge < -0.3 is 15.8 Å². The molecule has 3 N–H and O–H groups in total. The Kier molecular flexibility index (Phi) is 2.70. The van der Waals surface area contributed by atoms with Gasteiger partial charge in [0.25, 0.3) is 0 Å². The number of ether oxygens (including phenoxy) is 1. The molecule has 2 unspecified atom stereocenters. The number of amides is 1. The molecule has 0 heterocycles. The molecule has 4 bridgehead atoms. The lowest BCUT2D eigenvalue weighted by Gasteiger charge is -2.59. The van der Waals surface area contributed by atoms with E-state index in [2.05, 4.69) is 5.32 Å². The van der Waals surface area contributed by atoms with E-state index in [-0.39, 0.29) is 22.8 Å². The standard InChI is InChI=1S/C15H26N2O2/c1-13(2,3)17-12(18)19-15-7-10-4-11(8-15)6-14(16,5-10)9-15/h10-11H,4-9,16H2,1-3H3,(H,17,18)/t10-,11+,14?,15?. The minimum Gasteiger partial charge on any atom is -0.443 e. The first-order chi connectivity index (χ1) is 8.67. The quantitative estimate of drug-likeness (QED) is 0.766. The van der Waals surface area contributed by atoms with Crippen molar-refractivity contribution in [2.45, 2.75) is 76.0 Å². The van der Waals surface area contributed by atoms with Crippen LogP contribution in [0.15, 0.2) is 0 Å². The summed E-state index contributed by atoms with van der Waals surface area (Å²) in [6.07, 6.45) is 6.12. The van der Waals surface area contributed by atoms with Crippen molar-refractivity contribution in [1.29, 1.82) is 0 Å². The molecule has 108 valence electrons. The Morgan fingerprint density at radius 1 is 1.21 bits per heavy atom. The van der Waals surface area contributed by atoms with Crippen molar-refractivity contribution < 1.29 is 9.53 Å². The Balaban J connectivity index is 1.72. The molecular formula is C15H26N2O2. The lowest BCUT2D eigenvalue weighted by atomic mass is 9.51. The number of rotatable bonds is 1. The van der Waals surface area contributed by atoms with Crippen LogP contribution in [-0.4, -0.2) is 22.8 Å². The molecule has 4 saturated carbocycles. The Morgan fingerprint density at radius 2 is 1.79 bits per heavy atom. The molecule has 4 nitrogen and oxygen atoms in total. The van der Waals surface area contributed by atoms with Crippen molar-refractivity contribution >= 4 is 6.09 Å². The summed E-state index contributed by atoms with van der Waals surface area (Å²) in [5.41, 5.74) is 5.89. The van der Waals surface area contributed by atoms with Gasteiger partial charge in [-0.1, -0.05) is 0 Å². The van der Waals surface area contributed by atoms with Crippen LogP contribution in [0, 0.1) is 11.8 Å². The van der Waals surface area contributed by atoms with Crippen molar-refractivity contribution in [1.82, 2.24) is 5.32 Å². The maximum Gasteiger partial charge on any atom is 0.408 e. The summed E-state index contributed by atoms with van der Waals surface area (Å²) in [6.45, 7) is 5.91. The van der Waals surface area contributed by atoms with E-state index >= 15 is 0 Å². The Bertz CT molecular complexity index is 385. The van der Waals surface area contributed by atoms with Crippen LogP contribution in [-0.2, 0) is 4.74 Å². The SMILES string of the molecule is CC(C)(C)NC(=O)OC12C[C@@H]3C[C@@H](CC(N)(C3)C1)C2. The van der Waals surface area contributed by atoms with Gasteiger partial charge in [0.2, 0.25) is 0 Å². The number of alkyl carbamates (subject to hydrolysis) is 1. The van der Waals surface area contributed by atoms with Crippen LogP contribution in [0.25, 0.3) is 0 Å². The van der Waals surface area contributed by atoms with Crippen molar-refractivity contribution in [3.63, 3.8) is 0 Å². The molecule has 4 aliphatic rings. The summed E-state index contributed by atoms with van der Waals surface area (Å²) < 4.78 is 5.86. The molecule has 0 spiro atoms. The third kappa shape index (κ3) is 2.60. The fraction of sp³-hybridized carbons (Fsp3) is 0.933. The summed E-state index contributed by atoms with van der Waals surface area (Å²) in [5, 5.41) is 2.90. The number of nitrogens with one attached hydrogen (secondary N) is 1. The van der Waals surface area contributed by atoms with Gasteiger partial charge in [0.1, 0.15) is 5.60 Å². The average Bonchev–Trinajstić information content (AvgIpc) is 2.06. The molecule has 19 heavy (non-hydrogen) atoms. The van der Waals surface area contributed by atoms with Crippen molar-refractivity contribution in [2.24, 2.45) is 17.6 Å². The fourth-order valence-corrected chi connectivity index (χ4v) is 4.90. The van der Waals surface area contributed by atoms with Crippen LogP contribution in [0.3, 0.4) is 0 Å². The minimum atomic E-state index is -0.284. The van der Waals surface area contributed by atoms with Gasteiger partial charge in [0.05, 0.1) is 0 Å². The van der Waals surface area contributed by atoms with Crippen LogP contribution >= 0.6 is 0 Å². The lowest BCUT2D eigenvalue weighted by molar-refractivity contribution is -0.136. The zero-order valence-electron chi connectivity index (χ0n) is 12.3. The number of carbonyl (C=O) groups excluding carboxylic acids is 1. The third-order valence-corrected chi connectivity index (χ3v) is 4.84. The zero-order valence-corrected chi connectivity index (χ0v) is 12.3. The highest BCUT2D eigenvalue weighted by Gasteiger charge is 2.58. The highest BCUT2D eigenvalue weighted by Crippen LogP contribution is 2.57. The predicted octanol–water partition coefficient (Wildman–Crippen LogP) is 2.56. The van der Waals surface area contributed by atoms with Crippen molar-refractivity contribution in [3.05, 3.63) is 0 Å². The molecule has 4 atom stereocenters. The first-order valence-electron chi connectivity index (χ1n) is 7.47. The second-order valence-electron chi connectivity index (χ2n) is 8.27. The number of carbonyl (C=O) groups is 1. The van der Waals surface area contributed by atoms with Gasteiger partial charge in [0.15, 0.2) is 0 Å². The summed E-state index contributed by atoms with van der Waals surface area (Å²) in [4.78, 5) is 12.1. The molecule has 0 aromatic carbocycles. The molecule has 1 amide bonds. The molecule has 0 aliphatic heterocycles. The minimum absolute atomic E-state index is 0.0773. The van der Waals surface area contributed by atoms with Crippen LogP contribution in [0.5, 0.6) is 0 Å². The molecule has 4 rings (SSSR count). The molecule has 4 aliphatic carbocycles. The number of hydrogen-bond donors (Lipinski definition) is 2.